The molecule has 122 valence electrons. The lowest BCUT2D eigenvalue weighted by Gasteiger charge is -2.05. The fourth-order valence-corrected chi connectivity index (χ4v) is 2.30. The molecule has 1 aliphatic rings. The number of hydrogen-bond acceptors (Lipinski definition) is 3. The quantitative estimate of drug-likeness (QED) is 0.566. The minimum absolute atomic E-state index is 0.335. The van der Waals surface area contributed by atoms with Gasteiger partial charge in [-0.3, -0.25) is 0 Å². The maximum atomic E-state index is 5.62. The van der Waals surface area contributed by atoms with Crippen molar-refractivity contribution in [3.63, 3.8) is 0 Å². The first-order valence-electron chi connectivity index (χ1n) is 8.39. The predicted octanol–water partition coefficient (Wildman–Crippen LogP) is 5.05. The Labute approximate surface area is 134 Å². The zero-order valence-corrected chi connectivity index (χ0v) is 13.8. The summed E-state index contributed by atoms with van der Waals surface area (Å²) in [6.07, 6.45) is 10.3. The van der Waals surface area contributed by atoms with Crippen molar-refractivity contribution in [2.75, 3.05) is 20.0 Å². The van der Waals surface area contributed by atoms with Gasteiger partial charge in [0, 0.05) is 13.2 Å². The van der Waals surface area contributed by atoms with Crippen molar-refractivity contribution in [3.05, 3.63) is 29.8 Å². The topological polar surface area (TPSA) is 27.7 Å². The minimum atomic E-state index is 0.335. The largest absolute Gasteiger partial charge is 0.454 e. The van der Waals surface area contributed by atoms with E-state index in [1.165, 1.54) is 18.4 Å². The predicted molar refractivity (Wildman–Crippen MR) is 90.3 cm³/mol. The summed E-state index contributed by atoms with van der Waals surface area (Å²) in [6.45, 7) is 6.60. The van der Waals surface area contributed by atoms with Gasteiger partial charge in [-0.25, -0.2) is 0 Å². The maximum absolute atomic E-state index is 5.62. The van der Waals surface area contributed by atoms with Crippen molar-refractivity contribution in [2.24, 2.45) is 5.92 Å². The smallest absolute Gasteiger partial charge is 0.231 e. The summed E-state index contributed by atoms with van der Waals surface area (Å²) >= 11 is 0. The Morgan fingerprint density at radius 1 is 1.09 bits per heavy atom. The second-order valence-corrected chi connectivity index (χ2v) is 6.16. The van der Waals surface area contributed by atoms with Gasteiger partial charge in [0.05, 0.1) is 0 Å². The summed E-state index contributed by atoms with van der Waals surface area (Å²) in [5.74, 6) is 2.43. The maximum Gasteiger partial charge on any atom is 0.231 e. The lowest BCUT2D eigenvalue weighted by molar-refractivity contribution is 0.120. The molecule has 0 amide bonds. The second kappa shape index (κ2) is 9.52. The Bertz CT molecular complexity index is 466. The SMILES string of the molecule is CC(C)CCOCCCCC/C=C/c1ccc2c(c1)OCO2. The first-order chi connectivity index (χ1) is 10.8. The summed E-state index contributed by atoms with van der Waals surface area (Å²) < 4.78 is 16.3. The van der Waals surface area contributed by atoms with Crippen LogP contribution in [0.1, 0.15) is 51.5 Å². The summed E-state index contributed by atoms with van der Waals surface area (Å²) in [7, 11) is 0. The molecule has 0 atom stereocenters. The highest BCUT2D eigenvalue weighted by Gasteiger charge is 2.11. The van der Waals surface area contributed by atoms with E-state index in [1.807, 2.05) is 12.1 Å². The van der Waals surface area contributed by atoms with Crippen LogP contribution in [0.25, 0.3) is 6.08 Å². The van der Waals surface area contributed by atoms with Gasteiger partial charge < -0.3 is 14.2 Å². The van der Waals surface area contributed by atoms with Crippen molar-refractivity contribution in [3.8, 4) is 11.5 Å². The van der Waals surface area contributed by atoms with E-state index in [2.05, 4.69) is 32.1 Å². The molecule has 1 aromatic carbocycles. The Kier molecular flexibility index (Phi) is 7.31. The van der Waals surface area contributed by atoms with Crippen molar-refractivity contribution in [1.29, 1.82) is 0 Å². The molecule has 0 saturated heterocycles. The van der Waals surface area contributed by atoms with Crippen molar-refractivity contribution >= 4 is 6.08 Å². The molecule has 2 rings (SSSR count). The molecule has 3 nitrogen and oxygen atoms in total. The van der Waals surface area contributed by atoms with Gasteiger partial charge in [-0.1, -0.05) is 38.5 Å². The van der Waals surface area contributed by atoms with E-state index in [0.29, 0.717) is 6.79 Å². The number of fused-ring (bicyclic) bond motifs is 1. The van der Waals surface area contributed by atoms with Crippen LogP contribution in [0, 0.1) is 5.92 Å². The highest BCUT2D eigenvalue weighted by Crippen LogP contribution is 2.32. The molecule has 0 bridgehead atoms. The van der Waals surface area contributed by atoms with Crippen LogP contribution >= 0.6 is 0 Å². The standard InChI is InChI=1S/C19H28O3/c1-16(2)11-13-20-12-7-5-3-4-6-8-17-9-10-18-19(14-17)22-15-21-18/h6,8-10,14,16H,3-5,7,11-13,15H2,1-2H3/b8-6+. The first kappa shape index (κ1) is 16.9. The van der Waals surface area contributed by atoms with Gasteiger partial charge in [0.15, 0.2) is 11.5 Å². The van der Waals surface area contributed by atoms with E-state index >= 15 is 0 Å². The second-order valence-electron chi connectivity index (χ2n) is 6.16. The number of allylic oxidation sites excluding steroid dienone is 1. The first-order valence-corrected chi connectivity index (χ1v) is 8.39. The Morgan fingerprint density at radius 3 is 2.82 bits per heavy atom. The van der Waals surface area contributed by atoms with Crippen LogP contribution in [0.15, 0.2) is 24.3 Å². The molecular formula is C19H28O3. The lowest BCUT2D eigenvalue weighted by atomic mass is 10.1. The van der Waals surface area contributed by atoms with Gasteiger partial charge in [-0.2, -0.15) is 0 Å². The van der Waals surface area contributed by atoms with Gasteiger partial charge in [0.25, 0.3) is 0 Å². The van der Waals surface area contributed by atoms with Crippen molar-refractivity contribution in [2.45, 2.75) is 46.0 Å². The number of rotatable bonds is 10. The van der Waals surface area contributed by atoms with Crippen molar-refractivity contribution < 1.29 is 14.2 Å². The van der Waals surface area contributed by atoms with E-state index in [0.717, 1.165) is 49.9 Å². The molecule has 1 heterocycles. The highest BCUT2D eigenvalue weighted by molar-refractivity contribution is 5.56. The molecule has 0 spiro atoms. The zero-order chi connectivity index (χ0) is 15.6. The van der Waals surface area contributed by atoms with E-state index in [9.17, 15) is 0 Å². The number of hydrogen-bond donors (Lipinski definition) is 0. The third-order valence-corrected chi connectivity index (χ3v) is 3.71. The Balaban J connectivity index is 1.51. The average molecular weight is 304 g/mol. The lowest BCUT2D eigenvalue weighted by Crippen LogP contribution is -2.00. The monoisotopic (exact) mass is 304 g/mol. The normalized spacial score (nSPS) is 13.4. The molecule has 0 N–H and O–H groups in total. The van der Waals surface area contributed by atoms with Crippen molar-refractivity contribution in [1.82, 2.24) is 0 Å². The molecule has 22 heavy (non-hydrogen) atoms. The van der Waals surface area contributed by atoms with Crippen LogP contribution in [0.5, 0.6) is 11.5 Å². The molecule has 0 unspecified atom stereocenters. The van der Waals surface area contributed by atoms with Crippen LogP contribution in [-0.2, 0) is 4.74 Å². The summed E-state index contributed by atoms with van der Waals surface area (Å²) in [5.41, 5.74) is 1.17. The third-order valence-electron chi connectivity index (χ3n) is 3.71. The molecule has 0 aromatic heterocycles. The van der Waals surface area contributed by atoms with E-state index in [-0.39, 0.29) is 0 Å². The molecule has 1 aliphatic heterocycles. The highest BCUT2D eigenvalue weighted by atomic mass is 16.7. The molecule has 0 radical (unpaired) electrons. The molecule has 0 fully saturated rings. The molecule has 1 aromatic rings. The average Bonchev–Trinajstić information content (AvgIpc) is 2.96. The van der Waals surface area contributed by atoms with Crippen LogP contribution < -0.4 is 9.47 Å². The van der Waals surface area contributed by atoms with Crippen LogP contribution in [0.2, 0.25) is 0 Å². The van der Waals surface area contributed by atoms with Gasteiger partial charge in [0.1, 0.15) is 0 Å². The van der Waals surface area contributed by atoms with Crippen LogP contribution in [0.4, 0.5) is 0 Å². The van der Waals surface area contributed by atoms with E-state index in [4.69, 9.17) is 14.2 Å². The molecular weight excluding hydrogens is 276 g/mol. The van der Waals surface area contributed by atoms with E-state index < -0.39 is 0 Å². The fourth-order valence-electron chi connectivity index (χ4n) is 2.30. The number of benzene rings is 1. The van der Waals surface area contributed by atoms with Crippen LogP contribution in [0.3, 0.4) is 0 Å². The fraction of sp³-hybridized carbons (Fsp3) is 0.579. The van der Waals surface area contributed by atoms with Gasteiger partial charge in [0.2, 0.25) is 6.79 Å². The van der Waals surface area contributed by atoms with Gasteiger partial charge in [-0.15, -0.1) is 0 Å². The van der Waals surface area contributed by atoms with Crippen LogP contribution in [-0.4, -0.2) is 20.0 Å². The molecule has 0 saturated carbocycles. The summed E-state index contributed by atoms with van der Waals surface area (Å²) in [6, 6.07) is 6.06. The van der Waals surface area contributed by atoms with Gasteiger partial charge >= 0.3 is 0 Å². The number of unbranched alkanes of at least 4 members (excludes halogenated alkanes) is 3. The van der Waals surface area contributed by atoms with Gasteiger partial charge in [-0.05, 0) is 49.3 Å². The Morgan fingerprint density at radius 2 is 1.95 bits per heavy atom. The minimum Gasteiger partial charge on any atom is -0.454 e. The Hall–Kier alpha value is -1.48. The molecule has 3 heteroatoms. The zero-order valence-electron chi connectivity index (χ0n) is 13.8. The summed E-state index contributed by atoms with van der Waals surface area (Å²) in [4.78, 5) is 0. The van der Waals surface area contributed by atoms with E-state index in [1.54, 1.807) is 0 Å². The summed E-state index contributed by atoms with van der Waals surface area (Å²) in [5, 5.41) is 0. The molecule has 0 aliphatic carbocycles. The number of ether oxygens (including phenoxy) is 3. The third kappa shape index (κ3) is 6.10.